The van der Waals surface area contributed by atoms with E-state index in [0.717, 1.165) is 29.8 Å². The van der Waals surface area contributed by atoms with Gasteiger partial charge in [-0.3, -0.25) is 9.59 Å². The first kappa shape index (κ1) is 18.0. The van der Waals surface area contributed by atoms with Crippen molar-refractivity contribution in [2.24, 2.45) is 5.92 Å². The van der Waals surface area contributed by atoms with E-state index in [9.17, 15) is 9.59 Å². The number of nitrogens with zero attached hydrogens (tertiary/aromatic N) is 1. The number of carbonyl (C=O) groups excluding carboxylic acids is 2. The molecule has 0 radical (unpaired) electrons. The van der Waals surface area contributed by atoms with Crippen LogP contribution in [0, 0.1) is 5.92 Å². The monoisotopic (exact) mass is 373 g/mol. The van der Waals surface area contributed by atoms with E-state index in [-0.39, 0.29) is 23.8 Å². The molecule has 2 N–H and O–H groups in total. The predicted molar refractivity (Wildman–Crippen MR) is 109 cm³/mol. The van der Waals surface area contributed by atoms with E-state index >= 15 is 0 Å². The third kappa shape index (κ3) is 4.14. The average Bonchev–Trinajstić information content (AvgIpc) is 3.43. The summed E-state index contributed by atoms with van der Waals surface area (Å²) in [6, 6.07) is 18.9. The summed E-state index contributed by atoms with van der Waals surface area (Å²) >= 11 is 0. The Morgan fingerprint density at radius 1 is 0.964 bits per heavy atom. The highest BCUT2D eigenvalue weighted by atomic mass is 16.2. The van der Waals surface area contributed by atoms with E-state index in [1.54, 1.807) is 0 Å². The summed E-state index contributed by atoms with van der Waals surface area (Å²) in [7, 11) is 0. The van der Waals surface area contributed by atoms with E-state index in [4.69, 9.17) is 0 Å². The van der Waals surface area contributed by atoms with Gasteiger partial charge in [-0.1, -0.05) is 12.1 Å². The lowest BCUT2D eigenvalue weighted by Gasteiger charge is -2.15. The van der Waals surface area contributed by atoms with Crippen LogP contribution in [0.1, 0.15) is 41.7 Å². The second-order valence-electron chi connectivity index (χ2n) is 7.22. The number of amides is 2. The molecule has 1 fully saturated rings. The van der Waals surface area contributed by atoms with Gasteiger partial charge < -0.3 is 15.2 Å². The molecule has 0 bridgehead atoms. The number of hydrogen-bond acceptors (Lipinski definition) is 2. The molecule has 0 saturated heterocycles. The summed E-state index contributed by atoms with van der Waals surface area (Å²) < 4.78 is 1.99. The minimum absolute atomic E-state index is 0.0949. The second-order valence-corrected chi connectivity index (χ2v) is 7.22. The van der Waals surface area contributed by atoms with E-state index < -0.39 is 0 Å². The van der Waals surface area contributed by atoms with Crippen LogP contribution in [0.2, 0.25) is 0 Å². The van der Waals surface area contributed by atoms with Gasteiger partial charge in [0, 0.05) is 35.2 Å². The first-order valence-electron chi connectivity index (χ1n) is 9.55. The third-order valence-electron chi connectivity index (χ3n) is 5.01. The fourth-order valence-electron chi connectivity index (χ4n) is 3.10. The molecule has 3 aromatic rings. The molecule has 1 aliphatic carbocycles. The zero-order chi connectivity index (χ0) is 19.5. The molecule has 5 heteroatoms. The predicted octanol–water partition coefficient (Wildman–Crippen LogP) is 4.32. The Morgan fingerprint density at radius 3 is 2.21 bits per heavy atom. The Bertz CT molecular complexity index is 956. The van der Waals surface area contributed by atoms with E-state index in [1.165, 1.54) is 0 Å². The van der Waals surface area contributed by atoms with Crippen molar-refractivity contribution in [3.8, 4) is 5.69 Å². The van der Waals surface area contributed by atoms with Gasteiger partial charge in [0.1, 0.15) is 0 Å². The zero-order valence-corrected chi connectivity index (χ0v) is 15.8. The topological polar surface area (TPSA) is 63.1 Å². The zero-order valence-electron chi connectivity index (χ0n) is 15.8. The fourth-order valence-corrected chi connectivity index (χ4v) is 3.10. The van der Waals surface area contributed by atoms with Crippen molar-refractivity contribution < 1.29 is 9.59 Å². The molecule has 0 spiro atoms. The molecule has 1 aliphatic rings. The molecule has 5 nitrogen and oxygen atoms in total. The Balaban J connectivity index is 1.36. The minimum Gasteiger partial charge on any atom is -0.346 e. The molecular weight excluding hydrogens is 350 g/mol. The lowest BCUT2D eigenvalue weighted by molar-refractivity contribution is -0.117. The summed E-state index contributed by atoms with van der Waals surface area (Å²) in [6.07, 6.45) is 5.90. The molecule has 0 aliphatic heterocycles. The van der Waals surface area contributed by atoms with Crippen LogP contribution in [0.15, 0.2) is 73.1 Å². The summed E-state index contributed by atoms with van der Waals surface area (Å²) in [5.41, 5.74) is 3.41. The van der Waals surface area contributed by atoms with Gasteiger partial charge in [0.15, 0.2) is 0 Å². The van der Waals surface area contributed by atoms with Gasteiger partial charge >= 0.3 is 0 Å². The largest absolute Gasteiger partial charge is 0.346 e. The van der Waals surface area contributed by atoms with Crippen LogP contribution in [0.3, 0.4) is 0 Å². The van der Waals surface area contributed by atoms with Gasteiger partial charge in [-0.2, -0.15) is 0 Å². The second kappa shape index (κ2) is 7.72. The minimum atomic E-state index is -0.134. The average molecular weight is 373 g/mol. The van der Waals surface area contributed by atoms with Gasteiger partial charge in [0.2, 0.25) is 5.91 Å². The highest BCUT2D eigenvalue weighted by molar-refractivity contribution is 5.95. The normalized spacial score (nSPS) is 14.3. The number of nitrogens with one attached hydrogen (secondary N) is 2. The van der Waals surface area contributed by atoms with Crippen molar-refractivity contribution in [2.75, 3.05) is 5.32 Å². The van der Waals surface area contributed by atoms with Crippen LogP contribution in [0.25, 0.3) is 5.69 Å². The van der Waals surface area contributed by atoms with Crippen LogP contribution in [-0.4, -0.2) is 16.4 Å². The smallest absolute Gasteiger partial charge is 0.251 e. The maximum Gasteiger partial charge on any atom is 0.251 e. The van der Waals surface area contributed by atoms with Crippen LogP contribution < -0.4 is 10.6 Å². The molecule has 1 heterocycles. The Hall–Kier alpha value is -3.34. The molecule has 142 valence electrons. The summed E-state index contributed by atoms with van der Waals surface area (Å²) in [4.78, 5) is 24.4. The number of rotatable bonds is 6. The number of aromatic nitrogens is 1. The quantitative estimate of drug-likeness (QED) is 0.676. The number of carbonyl (C=O) groups is 2. The molecular formula is C23H23N3O2. The lowest BCUT2D eigenvalue weighted by atomic mass is 10.1. The third-order valence-corrected chi connectivity index (χ3v) is 5.01. The van der Waals surface area contributed by atoms with Gasteiger partial charge in [-0.15, -0.1) is 0 Å². The SMILES string of the molecule is CC(NC(=O)c1ccc(-n2cccc2)cc1)c1ccc(NC(=O)C2CC2)cc1. The maximum absolute atomic E-state index is 12.5. The molecule has 28 heavy (non-hydrogen) atoms. The van der Waals surface area contributed by atoms with Gasteiger partial charge in [0.25, 0.3) is 5.91 Å². The maximum atomic E-state index is 12.5. The van der Waals surface area contributed by atoms with Crippen molar-refractivity contribution in [2.45, 2.75) is 25.8 Å². The molecule has 1 aromatic heterocycles. The highest BCUT2D eigenvalue weighted by Gasteiger charge is 2.29. The van der Waals surface area contributed by atoms with Crippen molar-refractivity contribution in [3.63, 3.8) is 0 Å². The molecule has 1 saturated carbocycles. The summed E-state index contributed by atoms with van der Waals surface area (Å²) in [5.74, 6) is 0.164. The Morgan fingerprint density at radius 2 is 1.61 bits per heavy atom. The van der Waals surface area contributed by atoms with Crippen molar-refractivity contribution in [1.29, 1.82) is 0 Å². The van der Waals surface area contributed by atoms with Crippen LogP contribution in [0.5, 0.6) is 0 Å². The van der Waals surface area contributed by atoms with Gasteiger partial charge in [-0.05, 0) is 73.9 Å². The van der Waals surface area contributed by atoms with Gasteiger partial charge in [-0.25, -0.2) is 0 Å². The van der Waals surface area contributed by atoms with Gasteiger partial charge in [0.05, 0.1) is 6.04 Å². The van der Waals surface area contributed by atoms with E-state index in [2.05, 4.69) is 10.6 Å². The Kier molecular flexibility index (Phi) is 4.98. The summed E-state index contributed by atoms with van der Waals surface area (Å²) in [5, 5.41) is 5.95. The standard InChI is InChI=1S/C23H23N3O2/c1-16(17-6-10-20(11-7-17)25-23(28)18-4-5-18)24-22(27)19-8-12-21(13-9-19)26-14-2-3-15-26/h2-3,6-16,18H,4-5H2,1H3,(H,24,27)(H,25,28). The van der Waals surface area contributed by atoms with Crippen LogP contribution in [0.4, 0.5) is 5.69 Å². The van der Waals surface area contributed by atoms with Crippen LogP contribution >= 0.6 is 0 Å². The summed E-state index contributed by atoms with van der Waals surface area (Å²) in [6.45, 7) is 1.95. The first-order chi connectivity index (χ1) is 13.6. The molecule has 2 amide bonds. The number of hydrogen-bond donors (Lipinski definition) is 2. The van der Waals surface area contributed by atoms with Crippen molar-refractivity contribution in [1.82, 2.24) is 9.88 Å². The lowest BCUT2D eigenvalue weighted by Crippen LogP contribution is -2.26. The number of anilines is 1. The Labute approximate surface area is 164 Å². The number of benzene rings is 2. The molecule has 1 unspecified atom stereocenters. The van der Waals surface area contributed by atoms with Crippen molar-refractivity contribution >= 4 is 17.5 Å². The van der Waals surface area contributed by atoms with Crippen LogP contribution in [-0.2, 0) is 4.79 Å². The molecule has 2 aromatic carbocycles. The highest BCUT2D eigenvalue weighted by Crippen LogP contribution is 2.30. The van der Waals surface area contributed by atoms with E-state index in [0.29, 0.717) is 5.56 Å². The molecule has 4 rings (SSSR count). The van der Waals surface area contributed by atoms with Crippen molar-refractivity contribution in [3.05, 3.63) is 84.2 Å². The first-order valence-corrected chi connectivity index (χ1v) is 9.55. The van der Waals surface area contributed by atoms with E-state index in [1.807, 2.05) is 84.5 Å². The molecule has 1 atom stereocenters. The fraction of sp³-hybridized carbons (Fsp3) is 0.217.